The minimum absolute atomic E-state index is 0.116. The molecule has 3 rings (SSSR count). The molecule has 0 atom stereocenters. The molecule has 1 saturated carbocycles. The van der Waals surface area contributed by atoms with Crippen LogP contribution in [0, 0.1) is 12.8 Å². The maximum absolute atomic E-state index is 12.4. The number of hydrogen-bond donors (Lipinski definition) is 2. The maximum Gasteiger partial charge on any atom is 0.220 e. The highest BCUT2D eigenvalue weighted by atomic mass is 16.5. The smallest absolute Gasteiger partial charge is 0.220 e. The van der Waals surface area contributed by atoms with Crippen LogP contribution in [-0.4, -0.2) is 23.0 Å². The molecule has 1 amide bonds. The van der Waals surface area contributed by atoms with Gasteiger partial charge in [-0.25, -0.2) is 0 Å². The van der Waals surface area contributed by atoms with Crippen LogP contribution >= 0.6 is 0 Å². The van der Waals surface area contributed by atoms with Gasteiger partial charge in [-0.05, 0) is 57.7 Å². The summed E-state index contributed by atoms with van der Waals surface area (Å²) in [5.74, 6) is 1.35. The number of nitrogens with zero attached hydrogens (tertiary/aromatic N) is 1. The Balaban J connectivity index is 1.63. The molecule has 27 heavy (non-hydrogen) atoms. The summed E-state index contributed by atoms with van der Waals surface area (Å²) >= 11 is 0. The van der Waals surface area contributed by atoms with Gasteiger partial charge in [-0.3, -0.25) is 9.78 Å². The van der Waals surface area contributed by atoms with E-state index in [2.05, 4.69) is 10.3 Å². The van der Waals surface area contributed by atoms with E-state index >= 15 is 0 Å². The van der Waals surface area contributed by atoms with Crippen molar-refractivity contribution in [3.8, 4) is 5.75 Å². The van der Waals surface area contributed by atoms with E-state index in [1.807, 2.05) is 45.0 Å². The molecule has 1 heterocycles. The first-order chi connectivity index (χ1) is 12.8. The molecule has 1 aliphatic rings. The van der Waals surface area contributed by atoms with Gasteiger partial charge < -0.3 is 15.8 Å². The van der Waals surface area contributed by atoms with Gasteiger partial charge in [0.2, 0.25) is 5.91 Å². The number of carbonyl (C=O) groups excluding carboxylic acids is 1. The molecule has 3 N–H and O–H groups in total. The molecule has 5 heteroatoms. The maximum atomic E-state index is 12.4. The summed E-state index contributed by atoms with van der Waals surface area (Å²) < 4.78 is 6.06. The van der Waals surface area contributed by atoms with Gasteiger partial charge in [-0.2, -0.15) is 0 Å². The van der Waals surface area contributed by atoms with Crippen molar-refractivity contribution in [1.29, 1.82) is 0 Å². The van der Waals surface area contributed by atoms with Crippen molar-refractivity contribution < 1.29 is 9.53 Å². The van der Waals surface area contributed by atoms with Crippen LogP contribution in [0.25, 0.3) is 10.9 Å². The standard InChI is InChI=1S/C22H31N3O2/c1-15-12-17(23)21-18(24-15)10-7-11-19(21)27-14-22(2,3)25-20(26)13-16-8-5-4-6-9-16/h7,10-12,16H,4-6,8-9,13-14H2,1-3H3,(H2,23,24)(H,25,26). The summed E-state index contributed by atoms with van der Waals surface area (Å²) in [4.78, 5) is 17.0. The molecule has 2 aromatic rings. The number of nitrogens with one attached hydrogen (secondary N) is 1. The summed E-state index contributed by atoms with van der Waals surface area (Å²) in [6.45, 7) is 6.27. The third-order valence-corrected chi connectivity index (χ3v) is 5.22. The predicted molar refractivity (Wildman–Crippen MR) is 110 cm³/mol. The lowest BCUT2D eigenvalue weighted by Crippen LogP contribution is -2.48. The number of ether oxygens (including phenoxy) is 1. The lowest BCUT2D eigenvalue weighted by Gasteiger charge is -2.28. The molecule has 1 aromatic heterocycles. The summed E-state index contributed by atoms with van der Waals surface area (Å²) in [5.41, 5.74) is 8.10. The number of anilines is 1. The van der Waals surface area contributed by atoms with Crippen LogP contribution in [0.5, 0.6) is 5.75 Å². The predicted octanol–water partition coefficient (Wildman–Crippen LogP) is 4.37. The normalized spacial score (nSPS) is 15.7. The topological polar surface area (TPSA) is 77.2 Å². The molecule has 0 radical (unpaired) electrons. The summed E-state index contributed by atoms with van der Waals surface area (Å²) in [6.07, 6.45) is 6.77. The Morgan fingerprint density at radius 3 is 2.78 bits per heavy atom. The quantitative estimate of drug-likeness (QED) is 0.793. The number of amides is 1. The van der Waals surface area contributed by atoms with E-state index in [1.54, 1.807) is 0 Å². The highest BCUT2D eigenvalue weighted by Crippen LogP contribution is 2.31. The largest absolute Gasteiger partial charge is 0.490 e. The monoisotopic (exact) mass is 369 g/mol. The lowest BCUT2D eigenvalue weighted by atomic mass is 9.86. The average molecular weight is 370 g/mol. The van der Waals surface area contributed by atoms with Gasteiger partial charge in [0.05, 0.1) is 16.4 Å². The Bertz CT molecular complexity index is 811. The fourth-order valence-corrected chi connectivity index (χ4v) is 3.92. The zero-order valence-electron chi connectivity index (χ0n) is 16.7. The van der Waals surface area contributed by atoms with Gasteiger partial charge in [0.1, 0.15) is 12.4 Å². The molecule has 1 aliphatic carbocycles. The van der Waals surface area contributed by atoms with Gasteiger partial charge in [-0.1, -0.05) is 25.3 Å². The minimum atomic E-state index is -0.458. The highest BCUT2D eigenvalue weighted by molar-refractivity contribution is 5.95. The number of nitrogens with two attached hydrogens (primary N) is 1. The Morgan fingerprint density at radius 1 is 1.30 bits per heavy atom. The summed E-state index contributed by atoms with van der Waals surface area (Å²) in [5, 5.41) is 3.96. The number of pyridine rings is 1. The van der Waals surface area contributed by atoms with E-state index in [0.717, 1.165) is 16.6 Å². The van der Waals surface area contributed by atoms with Crippen LogP contribution in [0.4, 0.5) is 5.69 Å². The van der Waals surface area contributed by atoms with Gasteiger partial charge in [0, 0.05) is 17.8 Å². The molecule has 1 fully saturated rings. The van der Waals surface area contributed by atoms with E-state index in [4.69, 9.17) is 10.5 Å². The van der Waals surface area contributed by atoms with Crippen LogP contribution in [-0.2, 0) is 4.79 Å². The molecule has 1 aromatic carbocycles. The molecular formula is C22H31N3O2. The van der Waals surface area contributed by atoms with Crippen LogP contribution in [0.15, 0.2) is 24.3 Å². The summed E-state index contributed by atoms with van der Waals surface area (Å²) in [6, 6.07) is 7.60. The van der Waals surface area contributed by atoms with Crippen molar-refractivity contribution in [2.75, 3.05) is 12.3 Å². The number of benzene rings is 1. The number of fused-ring (bicyclic) bond motifs is 1. The van der Waals surface area contributed by atoms with Crippen molar-refractivity contribution in [2.45, 2.75) is 64.8 Å². The third kappa shape index (κ3) is 5.12. The Hall–Kier alpha value is -2.30. The molecule has 5 nitrogen and oxygen atoms in total. The first kappa shape index (κ1) is 19.5. The first-order valence-corrected chi connectivity index (χ1v) is 9.94. The van der Waals surface area contributed by atoms with Crippen LogP contribution in [0.1, 0.15) is 58.1 Å². The number of nitrogen functional groups attached to an aromatic ring is 1. The van der Waals surface area contributed by atoms with Crippen LogP contribution < -0.4 is 15.8 Å². The van der Waals surface area contributed by atoms with Crippen molar-refractivity contribution in [3.05, 3.63) is 30.0 Å². The van der Waals surface area contributed by atoms with E-state index in [9.17, 15) is 4.79 Å². The number of carbonyl (C=O) groups is 1. The molecule has 0 spiro atoms. The van der Waals surface area contributed by atoms with Crippen LogP contribution in [0.3, 0.4) is 0 Å². The van der Waals surface area contributed by atoms with E-state index < -0.39 is 5.54 Å². The van der Waals surface area contributed by atoms with Gasteiger partial charge >= 0.3 is 0 Å². The number of aryl methyl sites for hydroxylation is 1. The number of rotatable bonds is 6. The van der Waals surface area contributed by atoms with Crippen molar-refractivity contribution >= 4 is 22.5 Å². The van der Waals surface area contributed by atoms with Gasteiger partial charge in [0.25, 0.3) is 0 Å². The molecule has 146 valence electrons. The Kier molecular flexibility index (Phi) is 5.88. The molecule has 0 saturated heterocycles. The SMILES string of the molecule is Cc1cc(N)c2c(OCC(C)(C)NC(=O)CC3CCCCC3)cccc2n1. The van der Waals surface area contributed by atoms with Crippen molar-refractivity contribution in [1.82, 2.24) is 10.3 Å². The second-order valence-electron chi connectivity index (χ2n) is 8.43. The van der Waals surface area contributed by atoms with Gasteiger partial charge in [0.15, 0.2) is 0 Å². The molecule has 0 unspecified atom stereocenters. The number of aromatic nitrogens is 1. The van der Waals surface area contributed by atoms with E-state index in [1.165, 1.54) is 32.1 Å². The fraction of sp³-hybridized carbons (Fsp3) is 0.545. The first-order valence-electron chi connectivity index (χ1n) is 9.94. The molecule has 0 aliphatic heterocycles. The number of hydrogen-bond acceptors (Lipinski definition) is 4. The van der Waals surface area contributed by atoms with Crippen molar-refractivity contribution in [2.24, 2.45) is 5.92 Å². The third-order valence-electron chi connectivity index (χ3n) is 5.22. The highest BCUT2D eigenvalue weighted by Gasteiger charge is 2.24. The van der Waals surface area contributed by atoms with E-state index in [-0.39, 0.29) is 5.91 Å². The second-order valence-corrected chi connectivity index (χ2v) is 8.43. The lowest BCUT2D eigenvalue weighted by molar-refractivity contribution is -0.124. The van der Waals surface area contributed by atoms with E-state index in [0.29, 0.717) is 30.4 Å². The average Bonchev–Trinajstić information content (AvgIpc) is 2.59. The molecule has 0 bridgehead atoms. The zero-order chi connectivity index (χ0) is 19.4. The second kappa shape index (κ2) is 8.15. The summed E-state index contributed by atoms with van der Waals surface area (Å²) in [7, 11) is 0. The van der Waals surface area contributed by atoms with Gasteiger partial charge in [-0.15, -0.1) is 0 Å². The molecular weight excluding hydrogens is 338 g/mol. The zero-order valence-corrected chi connectivity index (χ0v) is 16.7. The van der Waals surface area contributed by atoms with Crippen molar-refractivity contribution in [3.63, 3.8) is 0 Å². The minimum Gasteiger partial charge on any atom is -0.490 e. The Morgan fingerprint density at radius 2 is 2.04 bits per heavy atom. The Labute approximate surface area is 161 Å². The van der Waals surface area contributed by atoms with Crippen LogP contribution in [0.2, 0.25) is 0 Å². The fourth-order valence-electron chi connectivity index (χ4n) is 3.92.